The Labute approximate surface area is 167 Å². The molecule has 0 aromatic heterocycles. The molecule has 1 unspecified atom stereocenters. The lowest BCUT2D eigenvalue weighted by Crippen LogP contribution is -2.30. The SMILES string of the molecule is COc1ccc(/C=N/NC(=O)C2CC(=O)N(c3ccc(Cl)cc3)C2)cc1OC. The van der Waals surface area contributed by atoms with Crippen molar-refractivity contribution in [3.63, 3.8) is 0 Å². The second-order valence-electron chi connectivity index (χ2n) is 6.23. The quantitative estimate of drug-likeness (QED) is 0.596. The van der Waals surface area contributed by atoms with E-state index < -0.39 is 5.92 Å². The van der Waals surface area contributed by atoms with Crippen LogP contribution in [0.3, 0.4) is 0 Å². The van der Waals surface area contributed by atoms with E-state index in [1.54, 1.807) is 61.6 Å². The number of nitrogens with zero attached hydrogens (tertiary/aromatic N) is 2. The first-order valence-electron chi connectivity index (χ1n) is 8.62. The Balaban J connectivity index is 1.60. The van der Waals surface area contributed by atoms with Gasteiger partial charge in [-0.05, 0) is 48.0 Å². The molecule has 0 radical (unpaired) electrons. The normalized spacial score (nSPS) is 16.5. The number of hydrogen-bond acceptors (Lipinski definition) is 5. The molecule has 0 aliphatic carbocycles. The number of carbonyl (C=O) groups excluding carboxylic acids is 2. The van der Waals surface area contributed by atoms with Crippen LogP contribution in [0.15, 0.2) is 47.6 Å². The van der Waals surface area contributed by atoms with Gasteiger partial charge in [0.25, 0.3) is 0 Å². The Morgan fingerprint density at radius 1 is 1.18 bits per heavy atom. The van der Waals surface area contributed by atoms with Gasteiger partial charge in [-0.25, -0.2) is 5.43 Å². The van der Waals surface area contributed by atoms with Gasteiger partial charge in [0.05, 0.1) is 26.4 Å². The number of nitrogens with one attached hydrogen (secondary N) is 1. The standard InChI is InChI=1S/C20H20ClN3O4/c1-27-17-8-3-13(9-18(17)28-2)11-22-23-20(26)14-10-19(25)24(12-14)16-6-4-15(21)5-7-16/h3-9,11,14H,10,12H2,1-2H3,(H,23,26)/b22-11+. The Morgan fingerprint density at radius 3 is 2.57 bits per heavy atom. The van der Waals surface area contributed by atoms with Crippen molar-refractivity contribution in [2.24, 2.45) is 11.0 Å². The van der Waals surface area contributed by atoms with Crippen molar-refractivity contribution in [1.29, 1.82) is 0 Å². The molecule has 1 heterocycles. The van der Waals surface area contributed by atoms with Crippen molar-refractivity contribution >= 4 is 35.3 Å². The summed E-state index contributed by atoms with van der Waals surface area (Å²) in [6, 6.07) is 12.2. The number of methoxy groups -OCH3 is 2. The van der Waals surface area contributed by atoms with E-state index in [-0.39, 0.29) is 18.2 Å². The van der Waals surface area contributed by atoms with E-state index in [0.717, 1.165) is 11.3 Å². The molecule has 8 heteroatoms. The van der Waals surface area contributed by atoms with Gasteiger partial charge in [0.15, 0.2) is 11.5 Å². The molecule has 2 aromatic rings. The average molecular weight is 402 g/mol. The van der Waals surface area contributed by atoms with Gasteiger partial charge in [0, 0.05) is 23.7 Å². The molecule has 1 aliphatic heterocycles. The van der Waals surface area contributed by atoms with Crippen LogP contribution in [-0.2, 0) is 9.59 Å². The lowest BCUT2D eigenvalue weighted by atomic mass is 10.1. The minimum Gasteiger partial charge on any atom is -0.493 e. The van der Waals surface area contributed by atoms with Crippen molar-refractivity contribution < 1.29 is 19.1 Å². The lowest BCUT2D eigenvalue weighted by molar-refractivity contribution is -0.126. The smallest absolute Gasteiger partial charge is 0.245 e. The highest BCUT2D eigenvalue weighted by Gasteiger charge is 2.35. The predicted octanol–water partition coefficient (Wildman–Crippen LogP) is 2.86. The van der Waals surface area contributed by atoms with Gasteiger partial charge in [0.2, 0.25) is 11.8 Å². The maximum atomic E-state index is 12.4. The van der Waals surface area contributed by atoms with Crippen LogP contribution in [0.25, 0.3) is 0 Å². The van der Waals surface area contributed by atoms with Crippen LogP contribution >= 0.6 is 11.6 Å². The van der Waals surface area contributed by atoms with E-state index in [2.05, 4.69) is 10.5 Å². The van der Waals surface area contributed by atoms with Gasteiger partial charge in [-0.3, -0.25) is 9.59 Å². The zero-order chi connectivity index (χ0) is 20.1. The van der Waals surface area contributed by atoms with Crippen molar-refractivity contribution in [2.75, 3.05) is 25.7 Å². The molecule has 1 N–H and O–H groups in total. The first-order valence-corrected chi connectivity index (χ1v) is 9.00. The first kappa shape index (κ1) is 19.7. The molecule has 1 aliphatic rings. The third-order valence-electron chi connectivity index (χ3n) is 4.43. The molecule has 0 bridgehead atoms. The summed E-state index contributed by atoms with van der Waals surface area (Å²) in [6.07, 6.45) is 1.65. The monoisotopic (exact) mass is 401 g/mol. The Bertz CT molecular complexity index is 899. The van der Waals surface area contributed by atoms with E-state index in [1.807, 2.05) is 0 Å². The van der Waals surface area contributed by atoms with Crippen molar-refractivity contribution in [3.8, 4) is 11.5 Å². The number of halogens is 1. The van der Waals surface area contributed by atoms with Crippen LogP contribution in [0, 0.1) is 5.92 Å². The molecule has 0 spiro atoms. The summed E-state index contributed by atoms with van der Waals surface area (Å²) in [5.41, 5.74) is 3.96. The minimum atomic E-state index is -0.467. The van der Waals surface area contributed by atoms with Gasteiger partial charge in [-0.2, -0.15) is 5.10 Å². The fourth-order valence-electron chi connectivity index (χ4n) is 2.95. The molecular formula is C20H20ClN3O4. The average Bonchev–Trinajstić information content (AvgIpc) is 3.10. The van der Waals surface area contributed by atoms with Crippen LogP contribution in [0.4, 0.5) is 5.69 Å². The number of hydrogen-bond donors (Lipinski definition) is 1. The first-order chi connectivity index (χ1) is 13.5. The molecule has 1 saturated heterocycles. The topological polar surface area (TPSA) is 80.2 Å². The number of benzene rings is 2. The summed E-state index contributed by atoms with van der Waals surface area (Å²) in [6.45, 7) is 0.304. The molecule has 3 rings (SSSR count). The zero-order valence-corrected chi connectivity index (χ0v) is 16.3. The number of amides is 2. The van der Waals surface area contributed by atoms with Crippen LogP contribution in [0.5, 0.6) is 11.5 Å². The summed E-state index contributed by atoms with van der Waals surface area (Å²) in [5.74, 6) is 0.298. The van der Waals surface area contributed by atoms with Crippen molar-refractivity contribution in [2.45, 2.75) is 6.42 Å². The largest absolute Gasteiger partial charge is 0.493 e. The van der Waals surface area contributed by atoms with Crippen LogP contribution in [0.1, 0.15) is 12.0 Å². The molecule has 0 saturated carbocycles. The second-order valence-corrected chi connectivity index (χ2v) is 6.67. The second kappa shape index (κ2) is 8.75. The number of hydrazone groups is 1. The van der Waals surface area contributed by atoms with Crippen molar-refractivity contribution in [3.05, 3.63) is 53.1 Å². The number of ether oxygens (including phenoxy) is 2. The summed E-state index contributed by atoms with van der Waals surface area (Å²) in [7, 11) is 3.10. The molecule has 1 fully saturated rings. The van der Waals surface area contributed by atoms with Crippen LogP contribution in [0.2, 0.25) is 5.02 Å². The van der Waals surface area contributed by atoms with E-state index in [0.29, 0.717) is 23.1 Å². The van der Waals surface area contributed by atoms with Crippen LogP contribution in [-0.4, -0.2) is 38.8 Å². The molecule has 2 amide bonds. The van der Waals surface area contributed by atoms with Gasteiger partial charge < -0.3 is 14.4 Å². The van der Waals surface area contributed by atoms with E-state index >= 15 is 0 Å². The maximum Gasteiger partial charge on any atom is 0.245 e. The molecule has 146 valence electrons. The van der Waals surface area contributed by atoms with Crippen molar-refractivity contribution in [1.82, 2.24) is 5.43 Å². The summed E-state index contributed by atoms with van der Waals surface area (Å²) in [5, 5.41) is 4.58. The predicted molar refractivity (Wildman–Crippen MR) is 107 cm³/mol. The fourth-order valence-corrected chi connectivity index (χ4v) is 3.07. The third-order valence-corrected chi connectivity index (χ3v) is 4.68. The zero-order valence-electron chi connectivity index (χ0n) is 15.5. The van der Waals surface area contributed by atoms with Gasteiger partial charge in [-0.1, -0.05) is 11.6 Å². The lowest BCUT2D eigenvalue weighted by Gasteiger charge is -2.16. The highest BCUT2D eigenvalue weighted by molar-refractivity contribution is 6.30. The van der Waals surface area contributed by atoms with E-state index in [9.17, 15) is 9.59 Å². The summed E-state index contributed by atoms with van der Waals surface area (Å²) in [4.78, 5) is 26.2. The Hall–Kier alpha value is -3.06. The van der Waals surface area contributed by atoms with E-state index in [1.165, 1.54) is 6.21 Å². The maximum absolute atomic E-state index is 12.4. The fraction of sp³-hybridized carbons (Fsp3) is 0.250. The van der Waals surface area contributed by atoms with E-state index in [4.69, 9.17) is 21.1 Å². The Morgan fingerprint density at radius 2 is 1.89 bits per heavy atom. The molecule has 1 atom stereocenters. The number of anilines is 1. The molecular weight excluding hydrogens is 382 g/mol. The minimum absolute atomic E-state index is 0.105. The highest BCUT2D eigenvalue weighted by Crippen LogP contribution is 2.27. The summed E-state index contributed by atoms with van der Waals surface area (Å²) < 4.78 is 10.4. The summed E-state index contributed by atoms with van der Waals surface area (Å²) >= 11 is 5.88. The van der Waals surface area contributed by atoms with Gasteiger partial charge >= 0.3 is 0 Å². The van der Waals surface area contributed by atoms with Gasteiger partial charge in [-0.15, -0.1) is 0 Å². The molecule has 7 nitrogen and oxygen atoms in total. The number of rotatable bonds is 6. The molecule has 2 aromatic carbocycles. The number of carbonyl (C=O) groups is 2. The highest BCUT2D eigenvalue weighted by atomic mass is 35.5. The van der Waals surface area contributed by atoms with Crippen LogP contribution < -0.4 is 19.8 Å². The Kier molecular flexibility index (Phi) is 6.16. The molecule has 28 heavy (non-hydrogen) atoms. The third kappa shape index (κ3) is 4.43. The van der Waals surface area contributed by atoms with Gasteiger partial charge in [0.1, 0.15) is 0 Å².